The summed E-state index contributed by atoms with van der Waals surface area (Å²) in [5, 5.41) is 9.40. The largest absolute Gasteiger partial charge is 0.453 e. The summed E-state index contributed by atoms with van der Waals surface area (Å²) >= 11 is 0. The Morgan fingerprint density at radius 2 is 1.90 bits per heavy atom. The lowest BCUT2D eigenvalue weighted by molar-refractivity contribution is -0.137. The first-order valence-electron chi connectivity index (χ1n) is 9.98. The van der Waals surface area contributed by atoms with Gasteiger partial charge < -0.3 is 14.0 Å². The Morgan fingerprint density at radius 1 is 1.20 bits per heavy atom. The van der Waals surface area contributed by atoms with Gasteiger partial charge in [0.25, 0.3) is 0 Å². The molecule has 0 aliphatic heterocycles. The van der Waals surface area contributed by atoms with Crippen molar-refractivity contribution in [2.45, 2.75) is 40.2 Å². The predicted octanol–water partition coefficient (Wildman–Crippen LogP) is 4.04. The van der Waals surface area contributed by atoms with Crippen LogP contribution in [-0.4, -0.2) is 36.6 Å². The van der Waals surface area contributed by atoms with Crippen molar-refractivity contribution in [2.75, 3.05) is 20.3 Å². The summed E-state index contributed by atoms with van der Waals surface area (Å²) in [6, 6.07) is 11.0. The highest BCUT2D eigenvalue weighted by Gasteiger charge is 2.16. The van der Waals surface area contributed by atoms with Crippen LogP contribution in [0.15, 0.2) is 35.9 Å². The van der Waals surface area contributed by atoms with Crippen LogP contribution < -0.4 is 0 Å². The number of aryl methyl sites for hydroxylation is 2. The monoisotopic (exact) mass is 408 g/mol. The van der Waals surface area contributed by atoms with Gasteiger partial charge in [-0.05, 0) is 43.5 Å². The average molecular weight is 408 g/mol. The van der Waals surface area contributed by atoms with E-state index in [0.717, 1.165) is 35.4 Å². The molecule has 1 heterocycles. The number of methoxy groups -OCH3 is 1. The number of nitriles is 1. The van der Waals surface area contributed by atoms with Gasteiger partial charge >= 0.3 is 5.97 Å². The Hall–Kier alpha value is -3.17. The summed E-state index contributed by atoms with van der Waals surface area (Å²) in [5.41, 5.74) is 4.18. The predicted molar refractivity (Wildman–Crippen MR) is 115 cm³/mol. The highest BCUT2D eigenvalue weighted by molar-refractivity contribution is 6.02. The lowest BCUT2D eigenvalue weighted by Crippen LogP contribution is -2.15. The molecule has 0 bridgehead atoms. The number of esters is 1. The van der Waals surface area contributed by atoms with Gasteiger partial charge in [0.1, 0.15) is 11.6 Å². The SMILES string of the molecule is CCCc1ccc(C(=O)COC(=O)/C(C#N)=C/c2cc(C)n(CCOC)c2C)cc1. The molecule has 0 spiro atoms. The fourth-order valence-electron chi connectivity index (χ4n) is 3.23. The first-order chi connectivity index (χ1) is 14.4. The number of Topliss-reactive ketones (excluding diaryl/α,β-unsaturated/α-hetero) is 1. The first kappa shape index (κ1) is 23.1. The quantitative estimate of drug-likeness (QED) is 0.256. The van der Waals surface area contributed by atoms with Gasteiger partial charge in [-0.2, -0.15) is 5.26 Å². The number of nitrogens with zero attached hydrogens (tertiary/aromatic N) is 2. The van der Waals surface area contributed by atoms with Gasteiger partial charge in [-0.3, -0.25) is 4.79 Å². The van der Waals surface area contributed by atoms with Crippen molar-refractivity contribution in [1.29, 1.82) is 5.26 Å². The Bertz CT molecular complexity index is 962. The van der Waals surface area contributed by atoms with Crippen molar-refractivity contribution in [3.63, 3.8) is 0 Å². The van der Waals surface area contributed by atoms with E-state index in [1.807, 2.05) is 38.1 Å². The molecule has 0 saturated carbocycles. The Labute approximate surface area is 177 Å². The second-order valence-corrected chi connectivity index (χ2v) is 7.09. The van der Waals surface area contributed by atoms with E-state index in [-0.39, 0.29) is 11.4 Å². The van der Waals surface area contributed by atoms with E-state index in [4.69, 9.17) is 9.47 Å². The van der Waals surface area contributed by atoms with Gasteiger partial charge in [0.15, 0.2) is 12.4 Å². The molecule has 0 radical (unpaired) electrons. The molecule has 0 aliphatic rings. The molecule has 0 unspecified atom stereocenters. The van der Waals surface area contributed by atoms with Crippen LogP contribution in [0, 0.1) is 25.2 Å². The maximum Gasteiger partial charge on any atom is 0.349 e. The lowest BCUT2D eigenvalue weighted by atomic mass is 10.1. The summed E-state index contributed by atoms with van der Waals surface area (Å²) in [7, 11) is 1.64. The highest BCUT2D eigenvalue weighted by Crippen LogP contribution is 2.19. The smallest absolute Gasteiger partial charge is 0.349 e. The number of aromatic nitrogens is 1. The number of rotatable bonds is 10. The molecule has 0 atom stereocenters. The molecule has 0 N–H and O–H groups in total. The molecular weight excluding hydrogens is 380 g/mol. The Balaban J connectivity index is 2.06. The van der Waals surface area contributed by atoms with E-state index in [1.54, 1.807) is 19.2 Å². The van der Waals surface area contributed by atoms with Crippen molar-refractivity contribution >= 4 is 17.8 Å². The average Bonchev–Trinajstić information content (AvgIpc) is 3.01. The van der Waals surface area contributed by atoms with Crippen LogP contribution in [0.25, 0.3) is 6.08 Å². The Kier molecular flexibility index (Phi) is 8.57. The molecule has 0 aliphatic carbocycles. The van der Waals surface area contributed by atoms with Gasteiger partial charge in [0, 0.05) is 30.6 Å². The number of hydrogen-bond acceptors (Lipinski definition) is 5. The van der Waals surface area contributed by atoms with Gasteiger partial charge in [-0.15, -0.1) is 0 Å². The molecule has 2 rings (SSSR count). The van der Waals surface area contributed by atoms with E-state index in [9.17, 15) is 14.9 Å². The molecule has 158 valence electrons. The van der Waals surface area contributed by atoms with Crippen LogP contribution in [0.3, 0.4) is 0 Å². The van der Waals surface area contributed by atoms with Crippen molar-refractivity contribution in [1.82, 2.24) is 4.57 Å². The number of hydrogen-bond donors (Lipinski definition) is 0. The lowest BCUT2D eigenvalue weighted by Gasteiger charge is -2.08. The third-order valence-corrected chi connectivity index (χ3v) is 4.92. The summed E-state index contributed by atoms with van der Waals surface area (Å²) in [6.45, 7) is 6.80. The minimum absolute atomic E-state index is 0.145. The van der Waals surface area contributed by atoms with Crippen LogP contribution in [0.2, 0.25) is 0 Å². The molecule has 0 fully saturated rings. The van der Waals surface area contributed by atoms with Gasteiger partial charge in [-0.25, -0.2) is 4.79 Å². The molecule has 0 saturated heterocycles. The highest BCUT2D eigenvalue weighted by atomic mass is 16.5. The standard InChI is InChI=1S/C24H28N2O4/c1-5-6-19-7-9-20(10-8-19)23(27)16-30-24(28)22(15-25)14-21-13-17(2)26(18(21)3)11-12-29-4/h7-10,13-14H,5-6,11-12,16H2,1-4H3/b22-14+. The van der Waals surface area contributed by atoms with Crippen molar-refractivity contribution in [2.24, 2.45) is 0 Å². The van der Waals surface area contributed by atoms with Crippen LogP contribution in [-0.2, 0) is 27.2 Å². The topological polar surface area (TPSA) is 81.3 Å². The summed E-state index contributed by atoms with van der Waals surface area (Å²) in [5.74, 6) is -1.11. The zero-order valence-corrected chi connectivity index (χ0v) is 18.0. The molecule has 1 aromatic carbocycles. The Morgan fingerprint density at radius 3 is 2.50 bits per heavy atom. The maximum absolute atomic E-state index is 12.3. The molecule has 2 aromatic rings. The van der Waals surface area contributed by atoms with E-state index >= 15 is 0 Å². The first-order valence-corrected chi connectivity index (χ1v) is 9.98. The van der Waals surface area contributed by atoms with Gasteiger partial charge in [0.05, 0.1) is 6.61 Å². The third kappa shape index (κ3) is 5.91. The van der Waals surface area contributed by atoms with Crippen molar-refractivity contribution < 1.29 is 19.1 Å². The number of carbonyl (C=O) groups is 2. The fourth-order valence-corrected chi connectivity index (χ4v) is 3.23. The van der Waals surface area contributed by atoms with E-state index in [1.165, 1.54) is 6.08 Å². The minimum Gasteiger partial charge on any atom is -0.453 e. The van der Waals surface area contributed by atoms with Crippen LogP contribution in [0.4, 0.5) is 0 Å². The molecule has 0 amide bonds. The molecule has 1 aromatic heterocycles. The number of benzene rings is 1. The fraction of sp³-hybridized carbons (Fsp3) is 0.375. The zero-order valence-electron chi connectivity index (χ0n) is 18.0. The molecule has 6 heteroatoms. The van der Waals surface area contributed by atoms with Crippen LogP contribution in [0.5, 0.6) is 0 Å². The maximum atomic E-state index is 12.3. The van der Waals surface area contributed by atoms with Crippen molar-refractivity contribution in [3.05, 3.63) is 64.0 Å². The van der Waals surface area contributed by atoms with Crippen molar-refractivity contribution in [3.8, 4) is 6.07 Å². The summed E-state index contributed by atoms with van der Waals surface area (Å²) < 4.78 is 12.3. The van der Waals surface area contributed by atoms with Crippen LogP contribution in [0.1, 0.15) is 46.2 Å². The molecule has 30 heavy (non-hydrogen) atoms. The number of ether oxygens (including phenoxy) is 2. The van der Waals surface area contributed by atoms with Gasteiger partial charge in [-0.1, -0.05) is 37.6 Å². The normalized spacial score (nSPS) is 11.2. The second kappa shape index (κ2) is 11.1. The zero-order chi connectivity index (χ0) is 22.1. The third-order valence-electron chi connectivity index (χ3n) is 4.92. The van der Waals surface area contributed by atoms with Gasteiger partial charge in [0.2, 0.25) is 0 Å². The number of ketones is 1. The van der Waals surface area contributed by atoms with Crippen LogP contribution >= 0.6 is 0 Å². The summed E-state index contributed by atoms with van der Waals surface area (Å²) in [4.78, 5) is 24.6. The van der Waals surface area contributed by atoms with E-state index in [0.29, 0.717) is 18.7 Å². The summed E-state index contributed by atoms with van der Waals surface area (Å²) in [6.07, 6.45) is 3.48. The van der Waals surface area contributed by atoms with E-state index < -0.39 is 12.6 Å². The molecule has 6 nitrogen and oxygen atoms in total. The number of carbonyl (C=O) groups excluding carboxylic acids is 2. The minimum atomic E-state index is -0.810. The molecular formula is C24H28N2O4. The second-order valence-electron chi connectivity index (χ2n) is 7.09. The van der Waals surface area contributed by atoms with E-state index in [2.05, 4.69) is 11.5 Å².